The van der Waals surface area contributed by atoms with Crippen LogP contribution in [-0.2, 0) is 11.3 Å². The summed E-state index contributed by atoms with van der Waals surface area (Å²) in [6.45, 7) is 2.19. The van der Waals surface area contributed by atoms with Crippen LogP contribution in [-0.4, -0.2) is 11.1 Å². The van der Waals surface area contributed by atoms with Crippen LogP contribution >= 0.6 is 0 Å². The van der Waals surface area contributed by atoms with Gasteiger partial charge in [0.1, 0.15) is 17.9 Å². The lowest BCUT2D eigenvalue weighted by atomic mass is 10.1. The number of hydrogen-bond acceptors (Lipinski definition) is 3. The second-order valence-electron chi connectivity index (χ2n) is 5.24. The normalized spacial score (nSPS) is 10.6. The summed E-state index contributed by atoms with van der Waals surface area (Å²) < 4.78 is 5.28. The molecule has 3 heteroatoms. The van der Waals surface area contributed by atoms with Crippen molar-refractivity contribution in [1.29, 1.82) is 0 Å². The number of aromatic hydroxyl groups is 1. The molecule has 22 heavy (non-hydrogen) atoms. The highest BCUT2D eigenvalue weighted by molar-refractivity contribution is 6.01. The molecule has 0 aliphatic heterocycles. The fraction of sp³-hybridized carbons (Fsp3) is 0.105. The van der Waals surface area contributed by atoms with Crippen LogP contribution in [0.5, 0.6) is 5.75 Å². The number of esters is 1. The number of carbonyl (C=O) groups is 1. The Balaban J connectivity index is 1.80. The van der Waals surface area contributed by atoms with E-state index in [2.05, 4.69) is 0 Å². The number of carbonyl (C=O) groups excluding carboxylic acids is 1. The predicted octanol–water partition coefficient (Wildman–Crippen LogP) is 4.21. The van der Waals surface area contributed by atoms with Gasteiger partial charge in [0.05, 0.1) is 0 Å². The second-order valence-corrected chi connectivity index (χ2v) is 5.24. The van der Waals surface area contributed by atoms with Crippen molar-refractivity contribution in [2.24, 2.45) is 0 Å². The number of aryl methyl sites for hydroxylation is 1. The molecule has 0 unspecified atom stereocenters. The van der Waals surface area contributed by atoms with Crippen LogP contribution < -0.4 is 0 Å². The molecule has 0 aliphatic carbocycles. The number of fused-ring (bicyclic) bond motifs is 1. The second kappa shape index (κ2) is 5.90. The summed E-state index contributed by atoms with van der Waals surface area (Å²) in [4.78, 5) is 12.2. The number of benzene rings is 3. The molecule has 0 radical (unpaired) electrons. The lowest BCUT2D eigenvalue weighted by Gasteiger charge is -2.09. The monoisotopic (exact) mass is 292 g/mol. The van der Waals surface area contributed by atoms with Gasteiger partial charge in [0.2, 0.25) is 0 Å². The third-order valence-electron chi connectivity index (χ3n) is 3.61. The van der Waals surface area contributed by atoms with E-state index in [1.807, 2.05) is 49.4 Å². The van der Waals surface area contributed by atoms with Gasteiger partial charge in [-0.1, -0.05) is 60.2 Å². The Morgan fingerprint density at radius 1 is 1.00 bits per heavy atom. The molecule has 3 aromatic rings. The fourth-order valence-corrected chi connectivity index (χ4v) is 2.33. The van der Waals surface area contributed by atoms with Gasteiger partial charge >= 0.3 is 5.97 Å². The van der Waals surface area contributed by atoms with E-state index in [-0.39, 0.29) is 17.9 Å². The summed E-state index contributed by atoms with van der Waals surface area (Å²) in [5.41, 5.74) is 2.26. The van der Waals surface area contributed by atoms with Gasteiger partial charge in [-0.25, -0.2) is 4.79 Å². The maximum absolute atomic E-state index is 12.2. The number of phenolic OH excluding ortho intramolecular Hbond substituents is 1. The van der Waals surface area contributed by atoms with E-state index < -0.39 is 5.97 Å². The molecule has 3 rings (SSSR count). The first-order chi connectivity index (χ1) is 10.6. The van der Waals surface area contributed by atoms with Crippen LogP contribution in [0.3, 0.4) is 0 Å². The number of ether oxygens (including phenoxy) is 1. The van der Waals surface area contributed by atoms with Gasteiger partial charge in [-0.3, -0.25) is 0 Å². The quantitative estimate of drug-likeness (QED) is 0.735. The molecule has 0 heterocycles. The van der Waals surface area contributed by atoms with Gasteiger partial charge < -0.3 is 9.84 Å². The Morgan fingerprint density at radius 3 is 2.50 bits per heavy atom. The Morgan fingerprint density at radius 2 is 1.73 bits per heavy atom. The molecule has 3 aromatic carbocycles. The van der Waals surface area contributed by atoms with Crippen LogP contribution in [0.2, 0.25) is 0 Å². The summed E-state index contributed by atoms with van der Waals surface area (Å²) >= 11 is 0. The van der Waals surface area contributed by atoms with Crippen molar-refractivity contribution in [2.45, 2.75) is 13.5 Å². The van der Waals surface area contributed by atoms with E-state index in [0.29, 0.717) is 5.39 Å². The Labute approximate surface area is 128 Å². The lowest BCUT2D eigenvalue weighted by molar-refractivity contribution is 0.0470. The molecule has 3 nitrogen and oxygen atoms in total. The Bertz CT molecular complexity index is 820. The maximum Gasteiger partial charge on any atom is 0.342 e. The zero-order valence-electron chi connectivity index (χ0n) is 12.2. The van der Waals surface area contributed by atoms with Gasteiger partial charge in [-0.05, 0) is 23.9 Å². The molecule has 0 bridgehead atoms. The van der Waals surface area contributed by atoms with Crippen LogP contribution in [0, 0.1) is 6.92 Å². The van der Waals surface area contributed by atoms with E-state index in [1.54, 1.807) is 18.2 Å². The van der Waals surface area contributed by atoms with Gasteiger partial charge in [0.25, 0.3) is 0 Å². The van der Waals surface area contributed by atoms with E-state index >= 15 is 0 Å². The molecule has 0 atom stereocenters. The molecule has 0 fully saturated rings. The molecule has 110 valence electrons. The molecular formula is C19H16O3. The zero-order valence-corrected chi connectivity index (χ0v) is 12.2. The van der Waals surface area contributed by atoms with Gasteiger partial charge in [0, 0.05) is 5.39 Å². The lowest BCUT2D eigenvalue weighted by Crippen LogP contribution is -2.05. The molecular weight excluding hydrogens is 276 g/mol. The summed E-state index contributed by atoms with van der Waals surface area (Å²) in [7, 11) is 0. The Kier molecular flexibility index (Phi) is 3.79. The number of rotatable bonds is 3. The van der Waals surface area contributed by atoms with E-state index in [1.165, 1.54) is 0 Å². The molecule has 0 saturated heterocycles. The average Bonchev–Trinajstić information content (AvgIpc) is 2.55. The van der Waals surface area contributed by atoms with Crippen LogP contribution in [0.1, 0.15) is 21.5 Å². The molecule has 0 aliphatic rings. The van der Waals surface area contributed by atoms with Gasteiger partial charge in [0.15, 0.2) is 0 Å². The van der Waals surface area contributed by atoms with Crippen molar-refractivity contribution in [1.82, 2.24) is 0 Å². The highest BCUT2D eigenvalue weighted by Gasteiger charge is 2.15. The third kappa shape index (κ3) is 2.79. The average molecular weight is 292 g/mol. The standard InChI is InChI=1S/C19H16O3/c1-13-6-8-14(9-7-13)12-22-19(21)17-11-10-15-4-2-3-5-16(15)18(17)20/h2-11,20H,12H2,1H3. The molecule has 0 saturated carbocycles. The summed E-state index contributed by atoms with van der Waals surface area (Å²) in [5, 5.41) is 11.8. The maximum atomic E-state index is 12.2. The number of phenols is 1. The summed E-state index contributed by atoms with van der Waals surface area (Å²) in [6.07, 6.45) is 0. The Hall–Kier alpha value is -2.81. The predicted molar refractivity (Wildman–Crippen MR) is 85.9 cm³/mol. The molecule has 0 amide bonds. The van der Waals surface area contributed by atoms with Crippen LogP contribution in [0.25, 0.3) is 10.8 Å². The summed E-state index contributed by atoms with van der Waals surface area (Å²) in [5.74, 6) is -0.559. The van der Waals surface area contributed by atoms with Crippen molar-refractivity contribution in [3.05, 3.63) is 77.4 Å². The van der Waals surface area contributed by atoms with Crippen molar-refractivity contribution in [3.63, 3.8) is 0 Å². The van der Waals surface area contributed by atoms with Crippen molar-refractivity contribution in [3.8, 4) is 5.75 Å². The van der Waals surface area contributed by atoms with Gasteiger partial charge in [-0.2, -0.15) is 0 Å². The topological polar surface area (TPSA) is 46.5 Å². The molecule has 0 spiro atoms. The highest BCUT2D eigenvalue weighted by atomic mass is 16.5. The minimum Gasteiger partial charge on any atom is -0.506 e. The van der Waals surface area contributed by atoms with E-state index in [0.717, 1.165) is 16.5 Å². The number of hydrogen-bond donors (Lipinski definition) is 1. The fourth-order valence-electron chi connectivity index (χ4n) is 2.33. The van der Waals surface area contributed by atoms with Gasteiger partial charge in [-0.15, -0.1) is 0 Å². The minimum absolute atomic E-state index is 0.0352. The first-order valence-electron chi connectivity index (χ1n) is 7.08. The smallest absolute Gasteiger partial charge is 0.342 e. The summed E-state index contributed by atoms with van der Waals surface area (Å²) in [6, 6.07) is 18.5. The van der Waals surface area contributed by atoms with E-state index in [4.69, 9.17) is 4.74 Å². The first-order valence-corrected chi connectivity index (χ1v) is 7.08. The van der Waals surface area contributed by atoms with Crippen LogP contribution in [0.15, 0.2) is 60.7 Å². The van der Waals surface area contributed by atoms with Crippen molar-refractivity contribution >= 4 is 16.7 Å². The van der Waals surface area contributed by atoms with Crippen LogP contribution in [0.4, 0.5) is 0 Å². The van der Waals surface area contributed by atoms with Crippen molar-refractivity contribution in [2.75, 3.05) is 0 Å². The molecule has 0 aromatic heterocycles. The minimum atomic E-state index is -0.524. The molecule has 1 N–H and O–H groups in total. The zero-order chi connectivity index (χ0) is 15.5. The highest BCUT2D eigenvalue weighted by Crippen LogP contribution is 2.29. The SMILES string of the molecule is Cc1ccc(COC(=O)c2ccc3ccccc3c2O)cc1. The van der Waals surface area contributed by atoms with E-state index in [9.17, 15) is 9.90 Å². The third-order valence-corrected chi connectivity index (χ3v) is 3.61. The first kappa shape index (κ1) is 14.1. The van der Waals surface area contributed by atoms with Crippen molar-refractivity contribution < 1.29 is 14.6 Å². The largest absolute Gasteiger partial charge is 0.506 e.